The summed E-state index contributed by atoms with van der Waals surface area (Å²) in [6, 6.07) is 7.22. The van der Waals surface area contributed by atoms with Crippen LogP contribution in [0.2, 0.25) is 0 Å². The van der Waals surface area contributed by atoms with Gasteiger partial charge in [-0.2, -0.15) is 0 Å². The minimum absolute atomic E-state index is 0.205. The lowest BCUT2D eigenvalue weighted by molar-refractivity contribution is -0.122. The van der Waals surface area contributed by atoms with E-state index in [4.69, 9.17) is 21.1 Å². The first-order valence-corrected chi connectivity index (χ1v) is 8.36. The molecule has 0 unspecified atom stereocenters. The Morgan fingerprint density at radius 1 is 1.29 bits per heavy atom. The molecule has 1 aliphatic rings. The van der Waals surface area contributed by atoms with Crippen molar-refractivity contribution >= 4 is 40.7 Å². The maximum Gasteiger partial charge on any atom is 0.277 e. The summed E-state index contributed by atoms with van der Waals surface area (Å²) in [6.07, 6.45) is 4.84. The molecule has 0 atom stereocenters. The third kappa shape index (κ3) is 2.77. The predicted octanol–water partition coefficient (Wildman–Crippen LogP) is 3.25. The largest absolute Gasteiger partial charge is 0.467 e. The van der Waals surface area contributed by atoms with E-state index < -0.39 is 0 Å². The van der Waals surface area contributed by atoms with Gasteiger partial charge < -0.3 is 14.2 Å². The Morgan fingerprint density at radius 3 is 2.88 bits per heavy atom. The van der Waals surface area contributed by atoms with Gasteiger partial charge in [0.05, 0.1) is 24.8 Å². The van der Waals surface area contributed by atoms with E-state index in [9.17, 15) is 4.79 Å². The van der Waals surface area contributed by atoms with Crippen molar-refractivity contribution in [3.8, 4) is 10.8 Å². The Kier molecular flexibility index (Phi) is 3.75. The first-order valence-electron chi connectivity index (χ1n) is 7.07. The molecule has 0 spiro atoms. The average Bonchev–Trinajstić information content (AvgIpc) is 3.33. The average molecular weight is 357 g/mol. The van der Waals surface area contributed by atoms with Gasteiger partial charge in [-0.3, -0.25) is 9.69 Å². The van der Waals surface area contributed by atoms with Crippen molar-refractivity contribution in [3.05, 3.63) is 59.3 Å². The summed E-state index contributed by atoms with van der Waals surface area (Å²) < 4.78 is 10.6. The normalized spacial score (nSPS) is 16.2. The second-order valence-corrected chi connectivity index (χ2v) is 6.26. The van der Waals surface area contributed by atoms with Crippen LogP contribution < -0.4 is 5.32 Å². The van der Waals surface area contributed by atoms with Gasteiger partial charge in [0, 0.05) is 5.38 Å². The lowest BCUT2D eigenvalue weighted by Gasteiger charge is -2.11. The first kappa shape index (κ1) is 14.9. The van der Waals surface area contributed by atoms with Crippen LogP contribution in [0, 0.1) is 0 Å². The Labute approximate surface area is 146 Å². The molecule has 0 aromatic carbocycles. The highest BCUT2D eigenvalue weighted by Gasteiger charge is 2.31. The molecule has 0 bridgehead atoms. The lowest BCUT2D eigenvalue weighted by atomic mass is 10.3. The predicted molar refractivity (Wildman–Crippen MR) is 92.8 cm³/mol. The van der Waals surface area contributed by atoms with Gasteiger partial charge >= 0.3 is 0 Å². The van der Waals surface area contributed by atoms with E-state index in [1.807, 2.05) is 17.5 Å². The van der Waals surface area contributed by atoms with Crippen molar-refractivity contribution in [2.75, 3.05) is 0 Å². The highest BCUT2D eigenvalue weighted by molar-refractivity contribution is 7.80. The number of hydrogen-bond donors (Lipinski definition) is 1. The number of furan rings is 2. The van der Waals surface area contributed by atoms with Gasteiger partial charge in [-0.1, -0.05) is 0 Å². The Balaban J connectivity index is 1.55. The summed E-state index contributed by atoms with van der Waals surface area (Å²) in [5, 5.41) is 5.89. The number of carbonyl (C=O) groups excluding carboxylic acids is 1. The molecule has 0 aliphatic carbocycles. The van der Waals surface area contributed by atoms with E-state index in [0.29, 0.717) is 34.6 Å². The van der Waals surface area contributed by atoms with Gasteiger partial charge in [-0.05, 0) is 42.6 Å². The highest BCUT2D eigenvalue weighted by Crippen LogP contribution is 2.25. The number of thiazole rings is 1. The van der Waals surface area contributed by atoms with E-state index in [0.717, 1.165) is 5.01 Å². The van der Waals surface area contributed by atoms with E-state index in [2.05, 4.69) is 10.3 Å². The molecule has 1 N–H and O–H groups in total. The minimum Gasteiger partial charge on any atom is -0.467 e. The Bertz CT molecular complexity index is 910. The van der Waals surface area contributed by atoms with Crippen LogP contribution in [0.1, 0.15) is 11.5 Å². The highest BCUT2D eigenvalue weighted by atomic mass is 32.1. The number of amides is 1. The number of carbonyl (C=O) groups is 1. The Morgan fingerprint density at radius 2 is 2.12 bits per heavy atom. The molecule has 120 valence electrons. The number of aromatic nitrogens is 1. The fourth-order valence-electron chi connectivity index (χ4n) is 2.29. The monoisotopic (exact) mass is 357 g/mol. The zero-order valence-electron chi connectivity index (χ0n) is 12.3. The van der Waals surface area contributed by atoms with Crippen molar-refractivity contribution in [2.24, 2.45) is 0 Å². The molecule has 1 aliphatic heterocycles. The molecule has 1 saturated heterocycles. The molecular formula is C16H11N3O3S2. The molecule has 3 aromatic heterocycles. The summed E-state index contributed by atoms with van der Waals surface area (Å²) in [5.41, 5.74) is 1.06. The van der Waals surface area contributed by atoms with Crippen LogP contribution >= 0.6 is 23.6 Å². The number of rotatable bonds is 4. The topological polar surface area (TPSA) is 71.5 Å². The van der Waals surface area contributed by atoms with Gasteiger partial charge in [-0.15, -0.1) is 11.3 Å². The molecule has 3 aromatic rings. The van der Waals surface area contributed by atoms with E-state index in [1.165, 1.54) is 16.2 Å². The number of nitrogens with one attached hydrogen (secondary N) is 1. The van der Waals surface area contributed by atoms with Crippen LogP contribution in [-0.2, 0) is 11.3 Å². The van der Waals surface area contributed by atoms with Crippen molar-refractivity contribution in [2.45, 2.75) is 6.54 Å². The third-order valence-electron chi connectivity index (χ3n) is 3.40. The summed E-state index contributed by atoms with van der Waals surface area (Å²) in [6.45, 7) is 0.295. The zero-order chi connectivity index (χ0) is 16.5. The second-order valence-electron chi connectivity index (χ2n) is 5.01. The van der Waals surface area contributed by atoms with Gasteiger partial charge in [0.15, 0.2) is 15.9 Å². The summed E-state index contributed by atoms with van der Waals surface area (Å²) in [5.74, 6) is 1.16. The zero-order valence-corrected chi connectivity index (χ0v) is 13.9. The molecule has 1 amide bonds. The molecule has 6 nitrogen and oxygen atoms in total. The molecule has 1 fully saturated rings. The van der Waals surface area contributed by atoms with Crippen molar-refractivity contribution in [3.63, 3.8) is 0 Å². The van der Waals surface area contributed by atoms with Gasteiger partial charge in [0.25, 0.3) is 5.91 Å². The molecular weight excluding hydrogens is 346 g/mol. The van der Waals surface area contributed by atoms with Crippen LogP contribution in [0.4, 0.5) is 0 Å². The van der Waals surface area contributed by atoms with Crippen LogP contribution in [0.15, 0.2) is 56.7 Å². The summed E-state index contributed by atoms with van der Waals surface area (Å²) in [4.78, 5) is 18.4. The first-order chi connectivity index (χ1) is 11.7. The molecule has 4 rings (SSSR count). The van der Waals surface area contributed by atoms with Crippen molar-refractivity contribution < 1.29 is 13.6 Å². The van der Waals surface area contributed by atoms with Crippen molar-refractivity contribution in [1.82, 2.24) is 15.2 Å². The maximum atomic E-state index is 12.5. The number of nitrogens with zero attached hydrogens (tertiary/aromatic N) is 2. The molecule has 0 radical (unpaired) electrons. The van der Waals surface area contributed by atoms with Crippen LogP contribution in [0.25, 0.3) is 16.8 Å². The van der Waals surface area contributed by atoms with Gasteiger partial charge in [0.2, 0.25) is 0 Å². The van der Waals surface area contributed by atoms with Crippen LogP contribution in [0.3, 0.4) is 0 Å². The Hall–Kier alpha value is -2.71. The van der Waals surface area contributed by atoms with Gasteiger partial charge in [0.1, 0.15) is 11.5 Å². The summed E-state index contributed by atoms with van der Waals surface area (Å²) >= 11 is 6.68. The second kappa shape index (κ2) is 6.06. The number of thiocarbonyl (C=S) groups is 1. The summed E-state index contributed by atoms with van der Waals surface area (Å²) in [7, 11) is 0. The molecule has 0 saturated carbocycles. The van der Waals surface area contributed by atoms with E-state index >= 15 is 0 Å². The smallest absolute Gasteiger partial charge is 0.277 e. The quantitative estimate of drug-likeness (QED) is 0.571. The van der Waals surface area contributed by atoms with Crippen molar-refractivity contribution in [1.29, 1.82) is 0 Å². The molecule has 24 heavy (non-hydrogen) atoms. The van der Waals surface area contributed by atoms with Crippen LogP contribution in [0.5, 0.6) is 0 Å². The van der Waals surface area contributed by atoms with Crippen LogP contribution in [-0.4, -0.2) is 20.9 Å². The lowest BCUT2D eigenvalue weighted by Crippen LogP contribution is -2.29. The fourth-order valence-corrected chi connectivity index (χ4v) is 3.29. The SMILES string of the molecule is O=C1C(=Cc2csc(-c3ccco3)n2)NC(=S)N1Cc1ccco1. The van der Waals surface area contributed by atoms with Gasteiger partial charge in [-0.25, -0.2) is 4.98 Å². The standard InChI is InChI=1S/C16H11N3O3S2/c20-15-12(18-16(23)19(15)8-11-3-1-5-21-11)7-10-9-24-14(17-10)13-4-2-6-22-13/h1-7,9H,8H2,(H,18,23). The fraction of sp³-hybridized carbons (Fsp3) is 0.0625. The molecule has 8 heteroatoms. The third-order valence-corrected chi connectivity index (χ3v) is 4.60. The van der Waals surface area contributed by atoms with E-state index in [1.54, 1.807) is 30.7 Å². The maximum absolute atomic E-state index is 12.5. The molecule has 4 heterocycles. The van der Waals surface area contributed by atoms with E-state index in [-0.39, 0.29) is 5.91 Å². The number of hydrogen-bond acceptors (Lipinski definition) is 6. The minimum atomic E-state index is -0.205.